The Labute approximate surface area is 145 Å². The van der Waals surface area contributed by atoms with Gasteiger partial charge in [0, 0.05) is 28.8 Å². The third-order valence-electron chi connectivity index (χ3n) is 5.19. The molecule has 0 spiro atoms. The standard InChI is InChI=1S/C19H17ClN2O2/c1-11-17(20)10-9-16-14-3-2-4-15(14)19(21-18(11)16)12-5-7-13(8-6-12)22(23)24/h2-3,5-10,14-15,19,21H,4H2,1H3/t14-,15+,19-/m0/s1. The first-order valence-electron chi connectivity index (χ1n) is 8.03. The molecule has 24 heavy (non-hydrogen) atoms. The number of benzene rings is 2. The van der Waals surface area contributed by atoms with Crippen LogP contribution in [0.4, 0.5) is 11.4 Å². The van der Waals surface area contributed by atoms with Crippen molar-refractivity contribution in [3.8, 4) is 0 Å². The Kier molecular flexibility index (Phi) is 3.57. The molecule has 0 bridgehead atoms. The van der Waals surface area contributed by atoms with Crippen molar-refractivity contribution in [2.45, 2.75) is 25.3 Å². The summed E-state index contributed by atoms with van der Waals surface area (Å²) < 4.78 is 0. The number of allylic oxidation sites excluding steroid dienone is 2. The van der Waals surface area contributed by atoms with Gasteiger partial charge in [-0.05, 0) is 42.0 Å². The maximum Gasteiger partial charge on any atom is 0.269 e. The lowest BCUT2D eigenvalue weighted by molar-refractivity contribution is -0.384. The zero-order valence-corrected chi connectivity index (χ0v) is 14.0. The second-order valence-electron chi connectivity index (χ2n) is 6.46. The zero-order valence-electron chi connectivity index (χ0n) is 13.2. The number of nitrogens with zero attached hydrogens (tertiary/aromatic N) is 1. The van der Waals surface area contributed by atoms with E-state index >= 15 is 0 Å². The van der Waals surface area contributed by atoms with Gasteiger partial charge in [0.25, 0.3) is 5.69 Å². The first-order valence-corrected chi connectivity index (χ1v) is 8.40. The smallest absolute Gasteiger partial charge is 0.269 e. The van der Waals surface area contributed by atoms with Crippen molar-refractivity contribution in [2.75, 3.05) is 5.32 Å². The zero-order chi connectivity index (χ0) is 16.8. The van der Waals surface area contributed by atoms with Gasteiger partial charge >= 0.3 is 0 Å². The molecule has 4 rings (SSSR count). The highest BCUT2D eigenvalue weighted by molar-refractivity contribution is 6.31. The normalized spacial score (nSPS) is 24.2. The molecular weight excluding hydrogens is 324 g/mol. The second-order valence-corrected chi connectivity index (χ2v) is 6.87. The van der Waals surface area contributed by atoms with Crippen LogP contribution >= 0.6 is 11.6 Å². The summed E-state index contributed by atoms with van der Waals surface area (Å²) >= 11 is 6.30. The van der Waals surface area contributed by atoms with Gasteiger partial charge in [0.1, 0.15) is 0 Å². The van der Waals surface area contributed by atoms with Crippen LogP contribution in [-0.2, 0) is 0 Å². The Balaban J connectivity index is 1.77. The summed E-state index contributed by atoms with van der Waals surface area (Å²) in [6.07, 6.45) is 5.50. The van der Waals surface area contributed by atoms with E-state index in [1.165, 1.54) is 5.56 Å². The topological polar surface area (TPSA) is 55.2 Å². The Morgan fingerprint density at radius 1 is 1.21 bits per heavy atom. The van der Waals surface area contributed by atoms with Crippen molar-refractivity contribution >= 4 is 23.0 Å². The lowest BCUT2D eigenvalue weighted by Crippen LogP contribution is -2.29. The number of rotatable bonds is 2. The average molecular weight is 341 g/mol. The van der Waals surface area contributed by atoms with Crippen molar-refractivity contribution in [1.82, 2.24) is 0 Å². The molecular formula is C19H17ClN2O2. The van der Waals surface area contributed by atoms with E-state index in [4.69, 9.17) is 11.6 Å². The fourth-order valence-corrected chi connectivity index (χ4v) is 4.08. The summed E-state index contributed by atoms with van der Waals surface area (Å²) in [6.45, 7) is 2.03. The van der Waals surface area contributed by atoms with Gasteiger partial charge in [0.2, 0.25) is 0 Å². The van der Waals surface area contributed by atoms with E-state index in [-0.39, 0.29) is 16.7 Å². The van der Waals surface area contributed by atoms with Crippen LogP contribution in [0.3, 0.4) is 0 Å². The number of nitrogens with one attached hydrogen (secondary N) is 1. The Morgan fingerprint density at radius 3 is 2.67 bits per heavy atom. The van der Waals surface area contributed by atoms with Crippen molar-refractivity contribution in [3.05, 3.63) is 80.4 Å². The van der Waals surface area contributed by atoms with Crippen LogP contribution in [-0.4, -0.2) is 4.92 Å². The minimum atomic E-state index is -0.364. The van der Waals surface area contributed by atoms with Gasteiger partial charge in [-0.15, -0.1) is 0 Å². The number of fused-ring (bicyclic) bond motifs is 3. The van der Waals surface area contributed by atoms with Crippen LogP contribution in [0, 0.1) is 23.0 Å². The van der Waals surface area contributed by atoms with Crippen LogP contribution in [0.1, 0.15) is 35.1 Å². The van der Waals surface area contributed by atoms with Crippen molar-refractivity contribution in [2.24, 2.45) is 5.92 Å². The SMILES string of the molecule is Cc1c(Cl)ccc2c1N[C@@H](c1ccc([N+](=O)[O-])cc1)[C@@H]1CC=C[C@H]21. The molecule has 2 aliphatic rings. The summed E-state index contributed by atoms with van der Waals surface area (Å²) in [5.41, 5.74) is 4.63. The summed E-state index contributed by atoms with van der Waals surface area (Å²) in [6, 6.07) is 11.1. The van der Waals surface area contributed by atoms with Gasteiger partial charge < -0.3 is 5.32 Å². The summed E-state index contributed by atoms with van der Waals surface area (Å²) in [5, 5.41) is 15.3. The highest BCUT2D eigenvalue weighted by Gasteiger charge is 2.38. The second kappa shape index (κ2) is 5.64. The van der Waals surface area contributed by atoms with Gasteiger partial charge in [0.15, 0.2) is 0 Å². The quantitative estimate of drug-likeness (QED) is 0.453. The van der Waals surface area contributed by atoms with E-state index < -0.39 is 0 Å². The van der Waals surface area contributed by atoms with Gasteiger partial charge in [-0.25, -0.2) is 0 Å². The molecule has 4 nitrogen and oxygen atoms in total. The molecule has 0 saturated heterocycles. The van der Waals surface area contributed by atoms with Crippen molar-refractivity contribution < 1.29 is 4.92 Å². The number of nitro groups is 1. The average Bonchev–Trinajstić information content (AvgIpc) is 3.07. The predicted molar refractivity (Wildman–Crippen MR) is 95.6 cm³/mol. The molecule has 1 aliphatic carbocycles. The molecule has 2 aromatic rings. The Morgan fingerprint density at radius 2 is 1.96 bits per heavy atom. The van der Waals surface area contributed by atoms with E-state index in [1.807, 2.05) is 25.1 Å². The first-order chi connectivity index (χ1) is 11.6. The molecule has 0 amide bonds. The Hall–Kier alpha value is -2.33. The van der Waals surface area contributed by atoms with Crippen molar-refractivity contribution in [3.63, 3.8) is 0 Å². The molecule has 0 radical (unpaired) electrons. The summed E-state index contributed by atoms with van der Waals surface area (Å²) in [7, 11) is 0. The van der Waals surface area contributed by atoms with E-state index in [2.05, 4.69) is 23.5 Å². The molecule has 0 fully saturated rings. The van der Waals surface area contributed by atoms with Gasteiger partial charge in [0.05, 0.1) is 11.0 Å². The molecule has 0 saturated carbocycles. The fourth-order valence-electron chi connectivity index (χ4n) is 3.92. The third-order valence-corrected chi connectivity index (χ3v) is 5.60. The minimum absolute atomic E-state index is 0.121. The third kappa shape index (κ3) is 2.29. The number of nitro benzene ring substituents is 1. The minimum Gasteiger partial charge on any atom is -0.377 e. The molecule has 122 valence electrons. The summed E-state index contributed by atoms with van der Waals surface area (Å²) in [4.78, 5) is 10.5. The predicted octanol–water partition coefficient (Wildman–Crippen LogP) is 5.38. The molecule has 5 heteroatoms. The van der Waals surface area contributed by atoms with E-state index in [9.17, 15) is 10.1 Å². The first kappa shape index (κ1) is 15.2. The molecule has 0 aromatic heterocycles. The van der Waals surface area contributed by atoms with Crippen LogP contribution in [0.15, 0.2) is 48.6 Å². The molecule has 1 N–H and O–H groups in total. The maximum atomic E-state index is 10.9. The molecule has 1 aliphatic heterocycles. The lowest BCUT2D eigenvalue weighted by Gasteiger charge is -2.38. The highest BCUT2D eigenvalue weighted by atomic mass is 35.5. The Bertz CT molecular complexity index is 845. The lowest BCUT2D eigenvalue weighted by atomic mass is 9.76. The van der Waals surface area contributed by atoms with Crippen LogP contribution in [0.2, 0.25) is 5.02 Å². The number of anilines is 1. The van der Waals surface area contributed by atoms with E-state index in [0.29, 0.717) is 11.8 Å². The number of halogens is 1. The number of hydrogen-bond acceptors (Lipinski definition) is 3. The molecule has 2 aromatic carbocycles. The number of non-ortho nitro benzene ring substituents is 1. The van der Waals surface area contributed by atoms with Crippen LogP contribution in [0.5, 0.6) is 0 Å². The number of hydrogen-bond donors (Lipinski definition) is 1. The largest absolute Gasteiger partial charge is 0.377 e. The van der Waals surface area contributed by atoms with Gasteiger partial charge in [-0.3, -0.25) is 10.1 Å². The monoisotopic (exact) mass is 340 g/mol. The van der Waals surface area contributed by atoms with Crippen LogP contribution in [0.25, 0.3) is 0 Å². The van der Waals surface area contributed by atoms with Crippen LogP contribution < -0.4 is 5.32 Å². The molecule has 0 unspecified atom stereocenters. The molecule has 3 atom stereocenters. The summed E-state index contributed by atoms with van der Waals surface area (Å²) in [5.74, 6) is 0.775. The van der Waals surface area contributed by atoms with E-state index in [0.717, 1.165) is 28.3 Å². The van der Waals surface area contributed by atoms with E-state index in [1.54, 1.807) is 12.1 Å². The van der Waals surface area contributed by atoms with Gasteiger partial charge in [-0.2, -0.15) is 0 Å². The van der Waals surface area contributed by atoms with Crippen molar-refractivity contribution in [1.29, 1.82) is 0 Å². The van der Waals surface area contributed by atoms with Gasteiger partial charge in [-0.1, -0.05) is 42.0 Å². The fraction of sp³-hybridized carbons (Fsp3) is 0.263. The highest BCUT2D eigenvalue weighted by Crippen LogP contribution is 2.51. The maximum absolute atomic E-state index is 10.9. The molecule has 1 heterocycles.